The summed E-state index contributed by atoms with van der Waals surface area (Å²) in [7, 11) is 0. The van der Waals surface area contributed by atoms with Gasteiger partial charge in [-0.15, -0.1) is 0 Å². The fourth-order valence-corrected chi connectivity index (χ4v) is 3.21. The third-order valence-electron chi connectivity index (χ3n) is 3.76. The summed E-state index contributed by atoms with van der Waals surface area (Å²) in [5.41, 5.74) is 2.20. The maximum Gasteiger partial charge on any atom is 0.305 e. The van der Waals surface area contributed by atoms with Gasteiger partial charge in [-0.05, 0) is 38.8 Å². The molecular formula is C13H19NO2. The average molecular weight is 221 g/mol. The van der Waals surface area contributed by atoms with Crippen LogP contribution in [0.2, 0.25) is 0 Å². The predicted octanol–water partition coefficient (Wildman–Crippen LogP) is 2.85. The molecule has 0 radical (unpaired) electrons. The van der Waals surface area contributed by atoms with Crippen LogP contribution in [-0.2, 0) is 10.3 Å². The molecule has 3 nitrogen and oxygen atoms in total. The summed E-state index contributed by atoms with van der Waals surface area (Å²) in [4.78, 5) is 11.1. The molecule has 1 fully saturated rings. The number of aliphatic carboxylic acids is 1. The smallest absolute Gasteiger partial charge is 0.305 e. The average Bonchev–Trinajstić information content (AvgIpc) is 2.74. The van der Waals surface area contributed by atoms with Gasteiger partial charge in [0.2, 0.25) is 0 Å². The lowest BCUT2D eigenvalue weighted by molar-refractivity contribution is -0.139. The van der Waals surface area contributed by atoms with E-state index in [0.29, 0.717) is 0 Å². The number of aromatic nitrogens is 1. The van der Waals surface area contributed by atoms with Crippen molar-refractivity contribution in [3.05, 3.63) is 23.5 Å². The van der Waals surface area contributed by atoms with Gasteiger partial charge < -0.3 is 9.67 Å². The Balaban J connectivity index is 2.43. The van der Waals surface area contributed by atoms with Crippen LogP contribution in [0.15, 0.2) is 12.1 Å². The van der Waals surface area contributed by atoms with Crippen LogP contribution in [0, 0.1) is 13.8 Å². The highest BCUT2D eigenvalue weighted by Crippen LogP contribution is 2.41. The van der Waals surface area contributed by atoms with E-state index in [2.05, 4.69) is 30.5 Å². The zero-order valence-electron chi connectivity index (χ0n) is 9.99. The van der Waals surface area contributed by atoms with Crippen molar-refractivity contribution in [2.45, 2.75) is 51.5 Å². The molecule has 0 bridgehead atoms. The fourth-order valence-electron chi connectivity index (χ4n) is 3.21. The van der Waals surface area contributed by atoms with E-state index in [-0.39, 0.29) is 12.0 Å². The van der Waals surface area contributed by atoms with Crippen molar-refractivity contribution >= 4 is 5.97 Å². The summed E-state index contributed by atoms with van der Waals surface area (Å²) < 4.78 is 2.24. The van der Waals surface area contributed by atoms with Crippen LogP contribution < -0.4 is 0 Å². The monoisotopic (exact) mass is 221 g/mol. The van der Waals surface area contributed by atoms with Gasteiger partial charge in [0.1, 0.15) is 0 Å². The number of carboxylic acids is 1. The minimum atomic E-state index is -0.686. The molecule has 1 aliphatic rings. The summed E-state index contributed by atoms with van der Waals surface area (Å²) in [6.07, 6.45) is 4.53. The fraction of sp³-hybridized carbons (Fsp3) is 0.615. The van der Waals surface area contributed by atoms with E-state index < -0.39 is 5.97 Å². The first kappa shape index (κ1) is 11.2. The molecular weight excluding hydrogens is 202 g/mol. The Morgan fingerprint density at radius 2 is 1.81 bits per heavy atom. The van der Waals surface area contributed by atoms with Gasteiger partial charge in [0.25, 0.3) is 0 Å². The molecule has 3 heteroatoms. The first-order chi connectivity index (χ1) is 7.55. The molecule has 1 aliphatic carbocycles. The van der Waals surface area contributed by atoms with Crippen molar-refractivity contribution in [1.82, 2.24) is 4.57 Å². The highest BCUT2D eigenvalue weighted by Gasteiger charge is 2.38. The van der Waals surface area contributed by atoms with Gasteiger partial charge in [0.15, 0.2) is 0 Å². The molecule has 0 atom stereocenters. The number of carboxylic acid groups (broad SMARTS) is 1. The standard InChI is InChI=1S/C13H19NO2/c1-10-5-6-11(2)14(10)13(9-12(15)16)7-3-4-8-13/h5-6H,3-4,7-9H2,1-2H3,(H,15,16). The SMILES string of the molecule is Cc1ccc(C)n1C1(CC(=O)O)CCCC1. The molecule has 88 valence electrons. The Labute approximate surface area is 96.1 Å². The van der Waals surface area contributed by atoms with E-state index >= 15 is 0 Å². The highest BCUT2D eigenvalue weighted by molar-refractivity contribution is 5.68. The number of carbonyl (C=O) groups is 1. The lowest BCUT2D eigenvalue weighted by atomic mass is 9.92. The lowest BCUT2D eigenvalue weighted by Crippen LogP contribution is -2.34. The number of rotatable bonds is 3. The van der Waals surface area contributed by atoms with Crippen LogP contribution in [0.25, 0.3) is 0 Å². The summed E-state index contributed by atoms with van der Waals surface area (Å²) >= 11 is 0. The molecule has 1 heterocycles. The largest absolute Gasteiger partial charge is 0.481 e. The zero-order valence-corrected chi connectivity index (χ0v) is 9.99. The van der Waals surface area contributed by atoms with E-state index in [1.165, 1.54) is 11.4 Å². The van der Waals surface area contributed by atoms with Crippen molar-refractivity contribution in [1.29, 1.82) is 0 Å². The summed E-state index contributed by atoms with van der Waals surface area (Å²) in [5, 5.41) is 9.11. The molecule has 1 N–H and O–H groups in total. The minimum absolute atomic E-state index is 0.163. The molecule has 0 amide bonds. The van der Waals surface area contributed by atoms with Crippen molar-refractivity contribution in [2.75, 3.05) is 0 Å². The molecule has 1 aromatic rings. The number of hydrogen-bond acceptors (Lipinski definition) is 1. The third-order valence-corrected chi connectivity index (χ3v) is 3.76. The maximum absolute atomic E-state index is 11.1. The van der Waals surface area contributed by atoms with Crippen LogP contribution in [0.3, 0.4) is 0 Å². The van der Waals surface area contributed by atoms with Gasteiger partial charge in [-0.3, -0.25) is 4.79 Å². The summed E-state index contributed by atoms with van der Waals surface area (Å²) in [5.74, 6) is -0.686. The number of aryl methyl sites for hydroxylation is 2. The number of nitrogens with zero attached hydrogens (tertiary/aromatic N) is 1. The van der Waals surface area contributed by atoms with Crippen LogP contribution in [0.5, 0.6) is 0 Å². The minimum Gasteiger partial charge on any atom is -0.481 e. The van der Waals surface area contributed by atoms with Crippen LogP contribution in [0.1, 0.15) is 43.5 Å². The molecule has 0 spiro atoms. The summed E-state index contributed by atoms with van der Waals surface area (Å²) in [6.45, 7) is 4.13. The third kappa shape index (κ3) is 1.75. The van der Waals surface area contributed by atoms with E-state index in [4.69, 9.17) is 5.11 Å². The first-order valence-electron chi connectivity index (χ1n) is 5.92. The predicted molar refractivity (Wildman–Crippen MR) is 62.6 cm³/mol. The second-order valence-electron chi connectivity index (χ2n) is 4.95. The molecule has 16 heavy (non-hydrogen) atoms. The van der Waals surface area contributed by atoms with Crippen molar-refractivity contribution < 1.29 is 9.90 Å². The topological polar surface area (TPSA) is 42.2 Å². The van der Waals surface area contributed by atoms with Crippen molar-refractivity contribution in [3.63, 3.8) is 0 Å². The van der Waals surface area contributed by atoms with Crippen LogP contribution in [0.4, 0.5) is 0 Å². The van der Waals surface area contributed by atoms with Gasteiger partial charge in [-0.25, -0.2) is 0 Å². The van der Waals surface area contributed by atoms with E-state index in [9.17, 15) is 4.79 Å². The van der Waals surface area contributed by atoms with E-state index in [1.807, 2.05) is 0 Å². The van der Waals surface area contributed by atoms with Crippen molar-refractivity contribution in [3.8, 4) is 0 Å². The Morgan fingerprint density at radius 1 is 1.31 bits per heavy atom. The highest BCUT2D eigenvalue weighted by atomic mass is 16.4. The van der Waals surface area contributed by atoms with Gasteiger partial charge in [0, 0.05) is 11.4 Å². The summed E-state index contributed by atoms with van der Waals surface area (Å²) in [6, 6.07) is 4.16. The molecule has 0 aliphatic heterocycles. The molecule has 0 unspecified atom stereocenters. The quantitative estimate of drug-likeness (QED) is 0.852. The van der Waals surface area contributed by atoms with Crippen LogP contribution in [-0.4, -0.2) is 15.6 Å². The van der Waals surface area contributed by atoms with Crippen LogP contribution >= 0.6 is 0 Å². The molecule has 1 saturated carbocycles. The van der Waals surface area contributed by atoms with E-state index in [0.717, 1.165) is 25.7 Å². The van der Waals surface area contributed by atoms with Gasteiger partial charge >= 0.3 is 5.97 Å². The van der Waals surface area contributed by atoms with Gasteiger partial charge in [-0.2, -0.15) is 0 Å². The molecule has 1 aromatic heterocycles. The maximum atomic E-state index is 11.1. The van der Waals surface area contributed by atoms with Gasteiger partial charge in [0.05, 0.1) is 12.0 Å². The Bertz CT molecular complexity index is 381. The second-order valence-corrected chi connectivity index (χ2v) is 4.95. The Morgan fingerprint density at radius 3 is 2.25 bits per heavy atom. The van der Waals surface area contributed by atoms with E-state index in [1.54, 1.807) is 0 Å². The first-order valence-corrected chi connectivity index (χ1v) is 5.92. The Hall–Kier alpha value is -1.25. The normalized spacial score (nSPS) is 18.9. The number of hydrogen-bond donors (Lipinski definition) is 1. The lowest BCUT2D eigenvalue weighted by Gasteiger charge is -2.32. The second kappa shape index (κ2) is 3.96. The molecule has 0 saturated heterocycles. The zero-order chi connectivity index (χ0) is 11.8. The van der Waals surface area contributed by atoms with Gasteiger partial charge in [-0.1, -0.05) is 12.8 Å². The molecule has 0 aromatic carbocycles. The van der Waals surface area contributed by atoms with Crippen molar-refractivity contribution in [2.24, 2.45) is 0 Å². The Kier molecular flexibility index (Phi) is 2.78. The molecule has 2 rings (SSSR count).